The van der Waals surface area contributed by atoms with Crippen molar-refractivity contribution in [1.29, 1.82) is 0 Å². The average molecular weight is 276 g/mol. The second-order valence-electron chi connectivity index (χ2n) is 4.00. The summed E-state index contributed by atoms with van der Waals surface area (Å²) in [5.41, 5.74) is 5.39. The van der Waals surface area contributed by atoms with Crippen molar-refractivity contribution in [2.24, 2.45) is 5.73 Å². The van der Waals surface area contributed by atoms with Crippen LogP contribution >= 0.6 is 0 Å². The fraction of sp³-hybridized carbons (Fsp3) is 0.154. The molecular weight excluding hydrogens is 263 g/mol. The minimum atomic E-state index is -0.705. The minimum absolute atomic E-state index is 0.146. The molecule has 0 bridgehead atoms. The Morgan fingerprint density at radius 1 is 1.50 bits per heavy atom. The quantitative estimate of drug-likeness (QED) is 0.496. The van der Waals surface area contributed by atoms with Crippen LogP contribution in [-0.2, 0) is 0 Å². The largest absolute Gasteiger partial charge is 0.377 e. The molecule has 1 aromatic heterocycles. The number of nitrogens with zero attached hydrogens (tertiary/aromatic N) is 2. The number of fused-ring (bicyclic) bond motifs is 1. The lowest BCUT2D eigenvalue weighted by molar-refractivity contribution is -0.383. The Kier molecular flexibility index (Phi) is 4.21. The summed E-state index contributed by atoms with van der Waals surface area (Å²) < 4.78 is 14.0. The number of hydrogen-bond donors (Lipinski definition) is 2. The topological polar surface area (TPSA) is 94.1 Å². The Labute approximate surface area is 114 Å². The number of halogens is 1. The zero-order chi connectivity index (χ0) is 14.5. The standard InChI is InChI=1S/C13H13FN4O2/c14-10-8-11(18(19)20)9-4-3-7-16-12(9)13(10)17-6-2-1-5-15/h1-4,7-8,17H,5-6,15H2/b2-1+. The third-order valence-electron chi connectivity index (χ3n) is 2.72. The molecule has 0 saturated carbocycles. The zero-order valence-corrected chi connectivity index (χ0v) is 10.5. The molecule has 0 unspecified atom stereocenters. The van der Waals surface area contributed by atoms with Gasteiger partial charge in [0.15, 0.2) is 5.82 Å². The lowest BCUT2D eigenvalue weighted by Gasteiger charge is -2.09. The lowest BCUT2D eigenvalue weighted by atomic mass is 10.1. The molecule has 20 heavy (non-hydrogen) atoms. The molecule has 0 aliphatic rings. The SMILES string of the molecule is NC/C=C/CNc1c(F)cc([N+](=O)[O-])c2cccnc12. The van der Waals surface area contributed by atoms with E-state index in [0.717, 1.165) is 6.07 Å². The highest BCUT2D eigenvalue weighted by Crippen LogP contribution is 2.32. The lowest BCUT2D eigenvalue weighted by Crippen LogP contribution is -2.05. The van der Waals surface area contributed by atoms with Gasteiger partial charge in [-0.05, 0) is 12.1 Å². The smallest absolute Gasteiger partial charge is 0.281 e. The predicted octanol–water partition coefficient (Wildman–Crippen LogP) is 2.21. The van der Waals surface area contributed by atoms with E-state index in [1.165, 1.54) is 6.20 Å². The van der Waals surface area contributed by atoms with E-state index in [4.69, 9.17) is 5.73 Å². The summed E-state index contributed by atoms with van der Waals surface area (Å²) in [6.45, 7) is 0.751. The number of nitro benzene ring substituents is 1. The molecule has 0 spiro atoms. The molecule has 0 radical (unpaired) electrons. The summed E-state index contributed by atoms with van der Waals surface area (Å²) in [7, 11) is 0. The molecule has 1 heterocycles. The normalized spacial score (nSPS) is 11.1. The van der Waals surface area contributed by atoms with E-state index < -0.39 is 10.7 Å². The van der Waals surface area contributed by atoms with Crippen LogP contribution in [-0.4, -0.2) is 23.0 Å². The van der Waals surface area contributed by atoms with Crippen molar-refractivity contribution >= 4 is 22.3 Å². The van der Waals surface area contributed by atoms with E-state index in [0.29, 0.717) is 18.5 Å². The van der Waals surface area contributed by atoms with Gasteiger partial charge in [-0.2, -0.15) is 0 Å². The monoisotopic (exact) mass is 276 g/mol. The maximum atomic E-state index is 14.0. The van der Waals surface area contributed by atoms with Crippen molar-refractivity contribution in [3.63, 3.8) is 0 Å². The molecule has 2 aromatic rings. The van der Waals surface area contributed by atoms with Crippen LogP contribution in [0.2, 0.25) is 0 Å². The molecule has 0 amide bonds. The Morgan fingerprint density at radius 3 is 3.00 bits per heavy atom. The van der Waals surface area contributed by atoms with Gasteiger partial charge in [0.2, 0.25) is 0 Å². The number of non-ortho nitro benzene ring substituents is 1. The summed E-state index contributed by atoms with van der Waals surface area (Å²) in [5.74, 6) is -0.705. The molecule has 2 rings (SSSR count). The molecule has 0 aliphatic heterocycles. The zero-order valence-electron chi connectivity index (χ0n) is 10.5. The molecule has 0 atom stereocenters. The van der Waals surface area contributed by atoms with Crippen LogP contribution in [0.1, 0.15) is 0 Å². The Balaban J connectivity index is 2.49. The van der Waals surface area contributed by atoms with Gasteiger partial charge in [-0.3, -0.25) is 15.1 Å². The van der Waals surface area contributed by atoms with E-state index in [-0.39, 0.29) is 16.9 Å². The van der Waals surface area contributed by atoms with Gasteiger partial charge in [-0.1, -0.05) is 12.2 Å². The first-order chi connectivity index (χ1) is 9.65. The fourth-order valence-electron chi connectivity index (χ4n) is 1.85. The van der Waals surface area contributed by atoms with E-state index in [1.54, 1.807) is 24.3 Å². The number of aromatic nitrogens is 1. The maximum Gasteiger partial charge on any atom is 0.281 e. The van der Waals surface area contributed by atoms with Crippen molar-refractivity contribution < 1.29 is 9.31 Å². The molecule has 0 saturated heterocycles. The third kappa shape index (κ3) is 2.72. The number of nitrogens with two attached hydrogens (primary N) is 1. The van der Waals surface area contributed by atoms with Crippen molar-refractivity contribution in [2.75, 3.05) is 18.4 Å². The van der Waals surface area contributed by atoms with Crippen molar-refractivity contribution in [3.8, 4) is 0 Å². The third-order valence-corrected chi connectivity index (χ3v) is 2.72. The van der Waals surface area contributed by atoms with Crippen molar-refractivity contribution in [3.05, 3.63) is 52.5 Å². The van der Waals surface area contributed by atoms with Gasteiger partial charge in [0.05, 0.1) is 22.1 Å². The van der Waals surface area contributed by atoms with Gasteiger partial charge >= 0.3 is 0 Å². The number of hydrogen-bond acceptors (Lipinski definition) is 5. The van der Waals surface area contributed by atoms with Crippen LogP contribution < -0.4 is 11.1 Å². The highest BCUT2D eigenvalue weighted by Gasteiger charge is 2.19. The fourth-order valence-corrected chi connectivity index (χ4v) is 1.85. The van der Waals surface area contributed by atoms with Crippen LogP contribution in [0.4, 0.5) is 15.8 Å². The first-order valence-corrected chi connectivity index (χ1v) is 5.95. The van der Waals surface area contributed by atoms with E-state index in [1.807, 2.05) is 0 Å². The van der Waals surface area contributed by atoms with Gasteiger partial charge in [-0.25, -0.2) is 4.39 Å². The van der Waals surface area contributed by atoms with Gasteiger partial charge in [0.1, 0.15) is 5.52 Å². The van der Waals surface area contributed by atoms with Crippen LogP contribution in [0, 0.1) is 15.9 Å². The molecule has 6 nitrogen and oxygen atoms in total. The Morgan fingerprint density at radius 2 is 2.30 bits per heavy atom. The molecule has 104 valence electrons. The Bertz CT molecular complexity index is 673. The van der Waals surface area contributed by atoms with Crippen LogP contribution in [0.5, 0.6) is 0 Å². The van der Waals surface area contributed by atoms with E-state index in [9.17, 15) is 14.5 Å². The molecular formula is C13H13FN4O2. The van der Waals surface area contributed by atoms with Crippen LogP contribution in [0.3, 0.4) is 0 Å². The summed E-state index contributed by atoms with van der Waals surface area (Å²) in [6, 6.07) is 4.02. The van der Waals surface area contributed by atoms with Crippen LogP contribution in [0.15, 0.2) is 36.5 Å². The van der Waals surface area contributed by atoms with Crippen LogP contribution in [0.25, 0.3) is 10.9 Å². The van der Waals surface area contributed by atoms with Gasteiger partial charge in [0.25, 0.3) is 5.69 Å². The second kappa shape index (κ2) is 6.07. The highest BCUT2D eigenvalue weighted by molar-refractivity contribution is 5.97. The molecule has 7 heteroatoms. The second-order valence-corrected chi connectivity index (χ2v) is 4.00. The highest BCUT2D eigenvalue weighted by atomic mass is 19.1. The summed E-state index contributed by atoms with van der Waals surface area (Å²) in [4.78, 5) is 14.4. The van der Waals surface area contributed by atoms with E-state index in [2.05, 4.69) is 10.3 Å². The van der Waals surface area contributed by atoms with Gasteiger partial charge in [0, 0.05) is 19.3 Å². The average Bonchev–Trinajstić information content (AvgIpc) is 2.44. The number of benzene rings is 1. The first kappa shape index (κ1) is 13.9. The molecule has 0 aliphatic carbocycles. The molecule has 0 fully saturated rings. The maximum absolute atomic E-state index is 14.0. The van der Waals surface area contributed by atoms with Gasteiger partial charge in [-0.15, -0.1) is 0 Å². The number of nitro groups is 1. The number of nitrogens with one attached hydrogen (secondary N) is 1. The van der Waals surface area contributed by atoms with Gasteiger partial charge < -0.3 is 11.1 Å². The van der Waals surface area contributed by atoms with E-state index >= 15 is 0 Å². The summed E-state index contributed by atoms with van der Waals surface area (Å²) in [6.07, 6.45) is 4.94. The first-order valence-electron chi connectivity index (χ1n) is 5.95. The molecule has 3 N–H and O–H groups in total. The number of pyridine rings is 1. The summed E-state index contributed by atoms with van der Waals surface area (Å²) in [5, 5.41) is 14.1. The minimum Gasteiger partial charge on any atom is -0.377 e. The number of rotatable bonds is 5. The summed E-state index contributed by atoms with van der Waals surface area (Å²) >= 11 is 0. The van der Waals surface area contributed by atoms with Crippen molar-refractivity contribution in [1.82, 2.24) is 4.98 Å². The Hall–Kier alpha value is -2.54. The molecule has 1 aromatic carbocycles. The number of anilines is 1. The predicted molar refractivity (Wildman–Crippen MR) is 75.0 cm³/mol. The van der Waals surface area contributed by atoms with Crippen molar-refractivity contribution in [2.45, 2.75) is 0 Å².